The van der Waals surface area contributed by atoms with Crippen LogP contribution in [-0.4, -0.2) is 25.1 Å². The number of halogens is 2. The van der Waals surface area contributed by atoms with Gasteiger partial charge in [0, 0.05) is 6.07 Å². The van der Waals surface area contributed by atoms with Crippen LogP contribution in [0.1, 0.15) is 19.8 Å². The molecule has 0 saturated heterocycles. The van der Waals surface area contributed by atoms with Crippen molar-refractivity contribution in [3.8, 4) is 5.75 Å². The van der Waals surface area contributed by atoms with Crippen LogP contribution in [0.4, 0.5) is 8.78 Å². The van der Waals surface area contributed by atoms with Gasteiger partial charge in [-0.1, -0.05) is 0 Å². The highest BCUT2D eigenvalue weighted by molar-refractivity contribution is 5.84. The predicted octanol–water partition coefficient (Wildman–Crippen LogP) is 1.59. The fraction of sp³-hybridized carbons (Fsp3) is 0.462. The fourth-order valence-electron chi connectivity index (χ4n) is 1.55. The summed E-state index contributed by atoms with van der Waals surface area (Å²) in [6.07, 6.45) is 1.04. The van der Waals surface area contributed by atoms with Crippen molar-refractivity contribution in [2.75, 3.05) is 13.7 Å². The molecule has 3 N–H and O–H groups in total. The van der Waals surface area contributed by atoms with Gasteiger partial charge in [0.25, 0.3) is 0 Å². The number of nitrogens with two attached hydrogens (primary N) is 1. The Morgan fingerprint density at radius 2 is 2.11 bits per heavy atom. The van der Waals surface area contributed by atoms with E-state index in [1.165, 1.54) is 6.07 Å². The van der Waals surface area contributed by atoms with E-state index >= 15 is 0 Å². The molecular weight excluding hydrogens is 254 g/mol. The number of hydrogen-bond acceptors (Lipinski definition) is 3. The van der Waals surface area contributed by atoms with Crippen LogP contribution in [-0.2, 0) is 4.79 Å². The second-order valence-corrected chi connectivity index (χ2v) is 4.47. The van der Waals surface area contributed by atoms with Crippen molar-refractivity contribution in [2.45, 2.75) is 25.3 Å². The number of carbonyl (C=O) groups excluding carboxylic acids is 1. The van der Waals surface area contributed by atoms with Gasteiger partial charge in [-0.15, -0.1) is 0 Å². The molecule has 1 rings (SSSR count). The number of carbonyl (C=O) groups is 1. The van der Waals surface area contributed by atoms with E-state index in [0.717, 1.165) is 12.1 Å². The minimum absolute atomic E-state index is 0.254. The average Bonchev–Trinajstić information content (AvgIpc) is 2.38. The molecular formula is C13H18F2N2O2. The van der Waals surface area contributed by atoms with Crippen molar-refractivity contribution >= 4 is 5.91 Å². The monoisotopic (exact) mass is 272 g/mol. The van der Waals surface area contributed by atoms with Gasteiger partial charge in [0.15, 0.2) is 11.6 Å². The molecule has 0 aliphatic heterocycles. The quantitative estimate of drug-likeness (QED) is 0.741. The Labute approximate surface area is 110 Å². The molecule has 4 nitrogen and oxygen atoms in total. The van der Waals surface area contributed by atoms with Crippen molar-refractivity contribution in [3.63, 3.8) is 0 Å². The van der Waals surface area contributed by atoms with Gasteiger partial charge in [0.2, 0.25) is 5.91 Å². The lowest BCUT2D eigenvalue weighted by atomic mass is 9.95. The third-order valence-corrected chi connectivity index (χ3v) is 3.08. The SMILES string of the molecule is CNC(C)(CCCOc1ccc(F)c(F)c1)C(N)=O. The Morgan fingerprint density at radius 3 is 2.63 bits per heavy atom. The molecule has 6 heteroatoms. The maximum absolute atomic E-state index is 12.9. The van der Waals surface area contributed by atoms with Crippen LogP contribution in [0, 0.1) is 11.6 Å². The number of primary amides is 1. The summed E-state index contributed by atoms with van der Waals surface area (Å²) in [6.45, 7) is 1.99. The van der Waals surface area contributed by atoms with Gasteiger partial charge in [0.1, 0.15) is 5.75 Å². The van der Waals surface area contributed by atoms with Crippen LogP contribution in [0.5, 0.6) is 5.75 Å². The summed E-state index contributed by atoms with van der Waals surface area (Å²) >= 11 is 0. The standard InChI is InChI=1S/C13H18F2N2O2/c1-13(17-2,12(16)18)6-3-7-19-9-4-5-10(14)11(15)8-9/h4-5,8,17H,3,6-7H2,1-2H3,(H2,16,18). The molecule has 0 heterocycles. The highest BCUT2D eigenvalue weighted by Crippen LogP contribution is 2.17. The topological polar surface area (TPSA) is 64.3 Å². The van der Waals surface area contributed by atoms with Gasteiger partial charge in [-0.25, -0.2) is 8.78 Å². The second-order valence-electron chi connectivity index (χ2n) is 4.47. The van der Waals surface area contributed by atoms with E-state index in [2.05, 4.69) is 5.32 Å². The zero-order valence-electron chi connectivity index (χ0n) is 11.0. The molecule has 0 fully saturated rings. The largest absolute Gasteiger partial charge is 0.493 e. The highest BCUT2D eigenvalue weighted by atomic mass is 19.2. The Bertz CT molecular complexity index is 454. The minimum atomic E-state index is -0.949. The molecule has 1 atom stereocenters. The first kappa shape index (κ1) is 15.4. The summed E-state index contributed by atoms with van der Waals surface area (Å²) < 4.78 is 30.9. The van der Waals surface area contributed by atoms with Crippen molar-refractivity contribution in [2.24, 2.45) is 5.73 Å². The van der Waals surface area contributed by atoms with Crippen molar-refractivity contribution < 1.29 is 18.3 Å². The number of ether oxygens (including phenoxy) is 1. The molecule has 106 valence electrons. The number of rotatable bonds is 7. The number of nitrogens with one attached hydrogen (secondary N) is 1. The molecule has 0 bridgehead atoms. The number of amides is 1. The molecule has 0 aliphatic rings. The first-order chi connectivity index (χ1) is 8.89. The third-order valence-electron chi connectivity index (χ3n) is 3.08. The fourth-order valence-corrected chi connectivity index (χ4v) is 1.55. The molecule has 0 aromatic heterocycles. The maximum Gasteiger partial charge on any atom is 0.237 e. The van der Waals surface area contributed by atoms with E-state index in [9.17, 15) is 13.6 Å². The van der Waals surface area contributed by atoms with Crippen molar-refractivity contribution in [3.05, 3.63) is 29.8 Å². The predicted molar refractivity (Wildman–Crippen MR) is 67.7 cm³/mol. The Kier molecular flexibility index (Phi) is 5.23. The summed E-state index contributed by atoms with van der Waals surface area (Å²) in [6, 6.07) is 3.34. The van der Waals surface area contributed by atoms with E-state index in [-0.39, 0.29) is 12.4 Å². The van der Waals surface area contributed by atoms with E-state index in [1.54, 1.807) is 14.0 Å². The molecule has 19 heavy (non-hydrogen) atoms. The second kappa shape index (κ2) is 6.47. The molecule has 1 unspecified atom stereocenters. The summed E-state index contributed by atoms with van der Waals surface area (Å²) in [4.78, 5) is 11.2. The first-order valence-electron chi connectivity index (χ1n) is 5.96. The molecule has 1 amide bonds. The molecule has 0 radical (unpaired) electrons. The molecule has 0 spiro atoms. The van der Waals surface area contributed by atoms with Crippen LogP contribution >= 0.6 is 0 Å². The van der Waals surface area contributed by atoms with Crippen LogP contribution in [0.3, 0.4) is 0 Å². The number of likely N-dealkylation sites (N-methyl/N-ethyl adjacent to an activating group) is 1. The number of benzene rings is 1. The van der Waals surface area contributed by atoms with Gasteiger partial charge in [-0.3, -0.25) is 4.79 Å². The zero-order valence-corrected chi connectivity index (χ0v) is 11.0. The third kappa shape index (κ3) is 4.17. The summed E-state index contributed by atoms with van der Waals surface area (Å²) in [5, 5.41) is 2.85. The lowest BCUT2D eigenvalue weighted by Crippen LogP contribution is -2.51. The zero-order chi connectivity index (χ0) is 14.5. The molecule has 1 aromatic rings. The van der Waals surface area contributed by atoms with Gasteiger partial charge in [-0.2, -0.15) is 0 Å². The van der Waals surface area contributed by atoms with Crippen LogP contribution in [0.15, 0.2) is 18.2 Å². The Hall–Kier alpha value is -1.69. The Balaban J connectivity index is 2.42. The molecule has 1 aromatic carbocycles. The van der Waals surface area contributed by atoms with Gasteiger partial charge in [0.05, 0.1) is 12.1 Å². The van der Waals surface area contributed by atoms with E-state index in [4.69, 9.17) is 10.5 Å². The van der Waals surface area contributed by atoms with Gasteiger partial charge in [-0.05, 0) is 38.9 Å². The average molecular weight is 272 g/mol. The van der Waals surface area contributed by atoms with E-state index < -0.39 is 23.1 Å². The lowest BCUT2D eigenvalue weighted by molar-refractivity contribution is -0.123. The van der Waals surface area contributed by atoms with Gasteiger partial charge >= 0.3 is 0 Å². The molecule has 0 aliphatic carbocycles. The molecule has 0 saturated carbocycles. The van der Waals surface area contributed by atoms with E-state index in [0.29, 0.717) is 12.8 Å². The smallest absolute Gasteiger partial charge is 0.237 e. The maximum atomic E-state index is 12.9. The first-order valence-corrected chi connectivity index (χ1v) is 5.96. The number of hydrogen-bond donors (Lipinski definition) is 2. The van der Waals surface area contributed by atoms with Crippen LogP contribution in [0.25, 0.3) is 0 Å². The minimum Gasteiger partial charge on any atom is -0.493 e. The van der Waals surface area contributed by atoms with Gasteiger partial charge < -0.3 is 15.8 Å². The summed E-state index contributed by atoms with van der Waals surface area (Å²) in [5.74, 6) is -2.05. The highest BCUT2D eigenvalue weighted by Gasteiger charge is 2.28. The summed E-state index contributed by atoms with van der Waals surface area (Å²) in [7, 11) is 1.65. The summed E-state index contributed by atoms with van der Waals surface area (Å²) in [5.41, 5.74) is 4.48. The van der Waals surface area contributed by atoms with Crippen LogP contribution in [0.2, 0.25) is 0 Å². The van der Waals surface area contributed by atoms with Crippen molar-refractivity contribution in [1.82, 2.24) is 5.32 Å². The van der Waals surface area contributed by atoms with E-state index in [1.807, 2.05) is 0 Å². The van der Waals surface area contributed by atoms with Crippen molar-refractivity contribution in [1.29, 1.82) is 0 Å². The Morgan fingerprint density at radius 1 is 1.42 bits per heavy atom. The normalized spacial score (nSPS) is 13.9. The van der Waals surface area contributed by atoms with Crippen LogP contribution < -0.4 is 15.8 Å². The lowest BCUT2D eigenvalue weighted by Gasteiger charge is -2.25.